The quantitative estimate of drug-likeness (QED) is 0.426. The molecule has 1 aliphatic heterocycles. The molecular weight excluding hydrogens is 402 g/mol. The van der Waals surface area contributed by atoms with Gasteiger partial charge in [-0.3, -0.25) is 20.0 Å². The highest BCUT2D eigenvalue weighted by molar-refractivity contribution is 5.95. The van der Waals surface area contributed by atoms with Gasteiger partial charge in [-0.2, -0.15) is 5.10 Å². The first-order valence-corrected chi connectivity index (χ1v) is 10.9. The standard InChI is InChI=1S/C24H23N7O/c1-2-6-31(5-1)7-8-32-19-9-17(12-26-14-19)18-10-20-23(29-30-24(20)27-13-18)21-11-16-3-4-25-15-22(16)28-21/h3-4,9-15,28H,1-2,5-8H2,(H,27,29,30). The molecule has 1 aliphatic rings. The van der Waals surface area contributed by atoms with E-state index in [0.29, 0.717) is 6.61 Å². The number of pyridine rings is 3. The van der Waals surface area contributed by atoms with Gasteiger partial charge >= 0.3 is 0 Å². The molecule has 6 rings (SSSR count). The first-order valence-electron chi connectivity index (χ1n) is 10.9. The summed E-state index contributed by atoms with van der Waals surface area (Å²) in [4.78, 5) is 19.0. The number of hydrogen-bond acceptors (Lipinski definition) is 6. The van der Waals surface area contributed by atoms with Crippen LogP contribution in [0, 0.1) is 0 Å². The Kier molecular flexibility index (Phi) is 4.77. The van der Waals surface area contributed by atoms with Gasteiger partial charge < -0.3 is 9.72 Å². The lowest BCUT2D eigenvalue weighted by Gasteiger charge is -2.15. The van der Waals surface area contributed by atoms with Crippen molar-refractivity contribution in [3.05, 3.63) is 55.2 Å². The van der Waals surface area contributed by atoms with Crippen LogP contribution in [-0.2, 0) is 0 Å². The molecule has 2 N–H and O–H groups in total. The van der Waals surface area contributed by atoms with Crippen LogP contribution >= 0.6 is 0 Å². The lowest BCUT2D eigenvalue weighted by atomic mass is 10.1. The molecule has 0 spiro atoms. The van der Waals surface area contributed by atoms with Gasteiger partial charge in [-0.15, -0.1) is 0 Å². The first-order chi connectivity index (χ1) is 15.8. The predicted octanol–water partition coefficient (Wildman–Crippen LogP) is 4.04. The van der Waals surface area contributed by atoms with Crippen molar-refractivity contribution in [1.29, 1.82) is 0 Å². The fourth-order valence-corrected chi connectivity index (χ4v) is 4.32. The summed E-state index contributed by atoms with van der Waals surface area (Å²) in [6.45, 7) is 3.97. The molecule has 5 aromatic heterocycles. The molecule has 1 fully saturated rings. The Hall–Kier alpha value is -3.78. The fraction of sp³-hybridized carbons (Fsp3) is 0.250. The van der Waals surface area contributed by atoms with E-state index < -0.39 is 0 Å². The summed E-state index contributed by atoms with van der Waals surface area (Å²) in [6.07, 6.45) is 11.6. The summed E-state index contributed by atoms with van der Waals surface area (Å²) in [5.74, 6) is 0.775. The molecule has 6 heterocycles. The second-order valence-corrected chi connectivity index (χ2v) is 8.14. The van der Waals surface area contributed by atoms with Crippen molar-refractivity contribution >= 4 is 21.9 Å². The van der Waals surface area contributed by atoms with Crippen molar-refractivity contribution in [2.75, 3.05) is 26.2 Å². The lowest BCUT2D eigenvalue weighted by Crippen LogP contribution is -2.25. The van der Waals surface area contributed by atoms with Gasteiger partial charge in [0.1, 0.15) is 18.1 Å². The van der Waals surface area contributed by atoms with E-state index in [9.17, 15) is 0 Å². The van der Waals surface area contributed by atoms with Crippen LogP contribution in [0.3, 0.4) is 0 Å². The molecule has 0 aliphatic carbocycles. The number of fused-ring (bicyclic) bond motifs is 2. The third-order valence-corrected chi connectivity index (χ3v) is 6.02. The molecule has 0 amide bonds. The summed E-state index contributed by atoms with van der Waals surface area (Å²) in [5.41, 5.74) is 5.41. The smallest absolute Gasteiger partial charge is 0.155 e. The average molecular weight is 425 g/mol. The number of likely N-dealkylation sites (tertiary alicyclic amines) is 1. The minimum absolute atomic E-state index is 0.670. The van der Waals surface area contributed by atoms with Crippen molar-refractivity contribution in [2.24, 2.45) is 0 Å². The molecule has 0 atom stereocenters. The summed E-state index contributed by atoms with van der Waals surface area (Å²) < 4.78 is 5.98. The Morgan fingerprint density at radius 3 is 2.78 bits per heavy atom. The van der Waals surface area contributed by atoms with Gasteiger partial charge in [0.05, 0.1) is 23.6 Å². The van der Waals surface area contributed by atoms with Gasteiger partial charge in [0.2, 0.25) is 0 Å². The van der Waals surface area contributed by atoms with Gasteiger partial charge in [-0.25, -0.2) is 4.98 Å². The van der Waals surface area contributed by atoms with E-state index in [1.54, 1.807) is 12.4 Å². The topological polar surface area (TPSA) is 95.6 Å². The van der Waals surface area contributed by atoms with Crippen molar-refractivity contribution in [3.8, 4) is 28.3 Å². The number of hydrogen-bond donors (Lipinski definition) is 2. The molecule has 5 aromatic rings. The highest BCUT2D eigenvalue weighted by Crippen LogP contribution is 2.31. The molecule has 0 bridgehead atoms. The number of ether oxygens (including phenoxy) is 1. The van der Waals surface area contributed by atoms with Crippen LogP contribution in [0.15, 0.2) is 55.2 Å². The van der Waals surface area contributed by atoms with E-state index in [1.165, 1.54) is 25.9 Å². The van der Waals surface area contributed by atoms with E-state index in [1.807, 2.05) is 30.7 Å². The normalized spacial score (nSPS) is 14.5. The van der Waals surface area contributed by atoms with Crippen molar-refractivity contribution in [3.63, 3.8) is 0 Å². The zero-order valence-corrected chi connectivity index (χ0v) is 17.6. The third-order valence-electron chi connectivity index (χ3n) is 6.02. The van der Waals surface area contributed by atoms with E-state index in [0.717, 1.165) is 56.7 Å². The Morgan fingerprint density at radius 2 is 1.88 bits per heavy atom. The molecule has 32 heavy (non-hydrogen) atoms. The van der Waals surface area contributed by atoms with E-state index in [-0.39, 0.29) is 0 Å². The summed E-state index contributed by atoms with van der Waals surface area (Å²) >= 11 is 0. The van der Waals surface area contributed by atoms with Crippen LogP contribution in [0.2, 0.25) is 0 Å². The Labute approximate surface area is 184 Å². The van der Waals surface area contributed by atoms with E-state index in [4.69, 9.17) is 4.74 Å². The molecule has 0 unspecified atom stereocenters. The minimum atomic E-state index is 0.670. The minimum Gasteiger partial charge on any atom is -0.491 e. The molecule has 0 saturated carbocycles. The summed E-state index contributed by atoms with van der Waals surface area (Å²) in [6, 6.07) is 8.18. The molecule has 1 saturated heterocycles. The Morgan fingerprint density at radius 1 is 0.969 bits per heavy atom. The molecular formula is C24H23N7O. The van der Waals surface area contributed by atoms with Gasteiger partial charge in [-0.1, -0.05) is 0 Å². The van der Waals surface area contributed by atoms with Crippen molar-refractivity contribution < 1.29 is 4.74 Å². The largest absolute Gasteiger partial charge is 0.491 e. The van der Waals surface area contributed by atoms with Crippen molar-refractivity contribution in [2.45, 2.75) is 12.8 Å². The van der Waals surface area contributed by atoms with Crippen LogP contribution < -0.4 is 4.74 Å². The number of aromatic nitrogens is 6. The van der Waals surface area contributed by atoms with Crippen molar-refractivity contribution in [1.82, 2.24) is 35.0 Å². The summed E-state index contributed by atoms with van der Waals surface area (Å²) in [7, 11) is 0. The van der Waals surface area contributed by atoms with Crippen LogP contribution in [0.25, 0.3) is 44.5 Å². The van der Waals surface area contributed by atoms with Crippen LogP contribution in [0.5, 0.6) is 5.75 Å². The van der Waals surface area contributed by atoms with Crippen LogP contribution in [0.4, 0.5) is 0 Å². The molecule has 160 valence electrons. The number of H-pyrrole nitrogens is 2. The average Bonchev–Trinajstić information content (AvgIpc) is 3.58. The molecule has 0 aromatic carbocycles. The second-order valence-electron chi connectivity index (χ2n) is 8.14. The van der Waals surface area contributed by atoms with Gasteiger partial charge in [-0.05, 0) is 50.2 Å². The number of aromatic amines is 2. The maximum atomic E-state index is 5.98. The highest BCUT2D eigenvalue weighted by Gasteiger charge is 2.14. The highest BCUT2D eigenvalue weighted by atomic mass is 16.5. The third kappa shape index (κ3) is 3.58. The fourth-order valence-electron chi connectivity index (χ4n) is 4.32. The number of rotatable bonds is 6. The lowest BCUT2D eigenvalue weighted by molar-refractivity contribution is 0.237. The predicted molar refractivity (Wildman–Crippen MR) is 123 cm³/mol. The maximum absolute atomic E-state index is 5.98. The Balaban J connectivity index is 1.28. The second kappa shape index (κ2) is 8.05. The SMILES string of the molecule is c1cc2cc(-c3n[nH]c4ncc(-c5cncc(OCCN6CCCC6)c5)cc34)[nH]c2cn1. The van der Waals surface area contributed by atoms with Gasteiger partial charge in [0.25, 0.3) is 0 Å². The monoisotopic (exact) mass is 425 g/mol. The molecule has 8 heteroatoms. The zero-order valence-electron chi connectivity index (χ0n) is 17.6. The van der Waals surface area contributed by atoms with Gasteiger partial charge in [0.15, 0.2) is 5.65 Å². The van der Waals surface area contributed by atoms with E-state index in [2.05, 4.69) is 47.2 Å². The molecule has 0 radical (unpaired) electrons. The summed E-state index contributed by atoms with van der Waals surface area (Å²) in [5, 5.41) is 9.58. The van der Waals surface area contributed by atoms with Gasteiger partial charge in [0, 0.05) is 47.0 Å². The zero-order chi connectivity index (χ0) is 21.3. The maximum Gasteiger partial charge on any atom is 0.155 e. The van der Waals surface area contributed by atoms with Crippen LogP contribution in [0.1, 0.15) is 12.8 Å². The first kappa shape index (κ1) is 18.9. The number of nitrogens with one attached hydrogen (secondary N) is 2. The molecule has 8 nitrogen and oxygen atoms in total. The van der Waals surface area contributed by atoms with Crippen LogP contribution in [-0.4, -0.2) is 61.3 Å². The van der Waals surface area contributed by atoms with E-state index >= 15 is 0 Å². The Bertz CT molecular complexity index is 1350. The number of nitrogens with zero attached hydrogens (tertiary/aromatic N) is 5.